The number of aliphatic hydroxyl groups excluding tert-OH is 1. The van der Waals surface area contributed by atoms with Gasteiger partial charge in [0.15, 0.2) is 0 Å². The Morgan fingerprint density at radius 3 is 2.53 bits per heavy atom. The van der Waals surface area contributed by atoms with Gasteiger partial charge in [-0.2, -0.15) is 0 Å². The maximum Gasteiger partial charge on any atom is 0.125 e. The lowest BCUT2D eigenvalue weighted by Gasteiger charge is -2.26. The quantitative estimate of drug-likeness (QED) is 0.817. The smallest absolute Gasteiger partial charge is 0.125 e. The summed E-state index contributed by atoms with van der Waals surface area (Å²) in [6.45, 7) is 4.26. The van der Waals surface area contributed by atoms with Crippen LogP contribution in [0, 0.1) is 0 Å². The van der Waals surface area contributed by atoms with Crippen LogP contribution in [0.5, 0.6) is 5.75 Å². The van der Waals surface area contributed by atoms with E-state index in [0.717, 1.165) is 17.0 Å². The molecule has 3 N–H and O–H groups in total. The van der Waals surface area contributed by atoms with Gasteiger partial charge in [-0.25, -0.2) is 0 Å². The zero-order chi connectivity index (χ0) is 13.0. The van der Waals surface area contributed by atoms with Crippen molar-refractivity contribution in [2.24, 2.45) is 5.73 Å². The Kier molecular flexibility index (Phi) is 4.78. The molecule has 0 aliphatic carbocycles. The van der Waals surface area contributed by atoms with E-state index in [1.807, 2.05) is 37.1 Å². The van der Waals surface area contributed by atoms with Crippen LogP contribution >= 0.6 is 0 Å². The standard InChI is InChI=1S/C13H22N2O2/c1-9(16)8-15(3)11-6-5-7-12(17-4)13(11)10(2)14/h5-7,9-10,16H,8,14H2,1-4H3/t9?,10-/m1/s1. The van der Waals surface area contributed by atoms with Gasteiger partial charge in [-0.15, -0.1) is 0 Å². The lowest BCUT2D eigenvalue weighted by atomic mass is 10.0. The van der Waals surface area contributed by atoms with Crippen LogP contribution < -0.4 is 15.4 Å². The van der Waals surface area contributed by atoms with Crippen LogP contribution in [0.15, 0.2) is 18.2 Å². The van der Waals surface area contributed by atoms with E-state index < -0.39 is 0 Å². The average Bonchev–Trinajstić information content (AvgIpc) is 2.26. The molecule has 0 heterocycles. The first kappa shape index (κ1) is 13.8. The number of aliphatic hydroxyl groups is 1. The van der Waals surface area contributed by atoms with Crippen molar-refractivity contribution in [3.8, 4) is 5.75 Å². The molecule has 2 atom stereocenters. The van der Waals surface area contributed by atoms with Gasteiger partial charge in [0.25, 0.3) is 0 Å². The van der Waals surface area contributed by atoms with Crippen LogP contribution in [-0.2, 0) is 0 Å². The highest BCUT2D eigenvalue weighted by molar-refractivity contribution is 5.60. The maximum atomic E-state index is 9.44. The van der Waals surface area contributed by atoms with Crippen LogP contribution in [0.2, 0.25) is 0 Å². The van der Waals surface area contributed by atoms with E-state index in [2.05, 4.69) is 0 Å². The zero-order valence-corrected chi connectivity index (χ0v) is 11.0. The Labute approximate surface area is 103 Å². The second-order valence-electron chi connectivity index (χ2n) is 4.41. The molecular formula is C13H22N2O2. The number of nitrogens with two attached hydrogens (primary N) is 1. The summed E-state index contributed by atoms with van der Waals surface area (Å²) in [4.78, 5) is 1.99. The first-order chi connectivity index (χ1) is 7.97. The summed E-state index contributed by atoms with van der Waals surface area (Å²) in [7, 11) is 3.58. The molecule has 0 bridgehead atoms. The summed E-state index contributed by atoms with van der Waals surface area (Å²) in [5.74, 6) is 0.787. The summed E-state index contributed by atoms with van der Waals surface area (Å²) < 4.78 is 5.33. The van der Waals surface area contributed by atoms with E-state index in [9.17, 15) is 5.11 Å². The molecule has 0 saturated carbocycles. The Morgan fingerprint density at radius 1 is 1.41 bits per heavy atom. The third-order valence-electron chi connectivity index (χ3n) is 2.67. The number of methoxy groups -OCH3 is 1. The van der Waals surface area contributed by atoms with Crippen molar-refractivity contribution in [1.29, 1.82) is 0 Å². The normalized spacial score (nSPS) is 14.2. The Bertz CT molecular complexity index is 364. The summed E-state index contributed by atoms with van der Waals surface area (Å²) in [6.07, 6.45) is -0.382. The number of rotatable bonds is 5. The molecule has 4 heteroatoms. The minimum atomic E-state index is -0.382. The molecule has 0 saturated heterocycles. The van der Waals surface area contributed by atoms with Gasteiger partial charge in [0.1, 0.15) is 5.75 Å². The molecule has 1 aromatic carbocycles. The Morgan fingerprint density at radius 2 is 2.06 bits per heavy atom. The molecule has 4 nitrogen and oxygen atoms in total. The van der Waals surface area contributed by atoms with E-state index in [1.165, 1.54) is 0 Å². The van der Waals surface area contributed by atoms with Gasteiger partial charge in [-0.05, 0) is 26.0 Å². The van der Waals surface area contributed by atoms with Crippen LogP contribution in [-0.4, -0.2) is 31.9 Å². The molecule has 0 amide bonds. The number of anilines is 1. The predicted octanol–water partition coefficient (Wildman–Crippen LogP) is 1.53. The van der Waals surface area contributed by atoms with Crippen LogP contribution in [0.3, 0.4) is 0 Å². The molecule has 0 aromatic heterocycles. The number of ether oxygens (including phenoxy) is 1. The number of likely N-dealkylation sites (N-methyl/N-ethyl adjacent to an activating group) is 1. The number of hydrogen-bond donors (Lipinski definition) is 2. The van der Waals surface area contributed by atoms with Crippen molar-refractivity contribution in [2.75, 3.05) is 25.6 Å². The van der Waals surface area contributed by atoms with Crippen molar-refractivity contribution in [2.45, 2.75) is 26.0 Å². The summed E-state index contributed by atoms with van der Waals surface area (Å²) in [5.41, 5.74) is 7.96. The first-order valence-electron chi connectivity index (χ1n) is 5.79. The van der Waals surface area contributed by atoms with Crippen LogP contribution in [0.1, 0.15) is 25.5 Å². The van der Waals surface area contributed by atoms with Crippen LogP contribution in [0.25, 0.3) is 0 Å². The number of hydrogen-bond acceptors (Lipinski definition) is 4. The molecule has 17 heavy (non-hydrogen) atoms. The van der Waals surface area contributed by atoms with Gasteiger partial charge in [-0.1, -0.05) is 6.07 Å². The monoisotopic (exact) mass is 238 g/mol. The zero-order valence-electron chi connectivity index (χ0n) is 11.0. The van der Waals surface area contributed by atoms with Crippen molar-refractivity contribution in [3.05, 3.63) is 23.8 Å². The largest absolute Gasteiger partial charge is 0.496 e. The van der Waals surface area contributed by atoms with E-state index in [0.29, 0.717) is 6.54 Å². The third-order valence-corrected chi connectivity index (χ3v) is 2.67. The summed E-state index contributed by atoms with van der Waals surface area (Å²) in [5, 5.41) is 9.44. The highest BCUT2D eigenvalue weighted by Crippen LogP contribution is 2.33. The minimum absolute atomic E-state index is 0.113. The molecule has 0 radical (unpaired) electrons. The van der Waals surface area contributed by atoms with Crippen molar-refractivity contribution < 1.29 is 9.84 Å². The van der Waals surface area contributed by atoms with Gasteiger partial charge in [0.2, 0.25) is 0 Å². The Balaban J connectivity index is 3.13. The molecule has 0 aliphatic heterocycles. The van der Waals surface area contributed by atoms with Gasteiger partial charge < -0.3 is 20.5 Å². The molecule has 0 spiro atoms. The van der Waals surface area contributed by atoms with Crippen molar-refractivity contribution >= 4 is 5.69 Å². The van der Waals surface area contributed by atoms with Crippen LogP contribution in [0.4, 0.5) is 5.69 Å². The number of nitrogens with zero attached hydrogens (tertiary/aromatic N) is 1. The fourth-order valence-electron chi connectivity index (χ4n) is 2.00. The molecule has 0 aliphatic rings. The van der Waals surface area contributed by atoms with Gasteiger partial charge in [0, 0.05) is 30.9 Å². The molecule has 1 aromatic rings. The second-order valence-corrected chi connectivity index (χ2v) is 4.41. The lowest BCUT2D eigenvalue weighted by molar-refractivity contribution is 0.201. The molecule has 1 unspecified atom stereocenters. The molecule has 0 fully saturated rings. The highest BCUT2D eigenvalue weighted by Gasteiger charge is 2.16. The average molecular weight is 238 g/mol. The second kappa shape index (κ2) is 5.89. The highest BCUT2D eigenvalue weighted by atomic mass is 16.5. The minimum Gasteiger partial charge on any atom is -0.496 e. The third kappa shape index (κ3) is 3.35. The van der Waals surface area contributed by atoms with E-state index in [4.69, 9.17) is 10.5 Å². The first-order valence-corrected chi connectivity index (χ1v) is 5.79. The van der Waals surface area contributed by atoms with Gasteiger partial charge >= 0.3 is 0 Å². The molecule has 1 rings (SSSR count). The Hall–Kier alpha value is -1.26. The van der Waals surface area contributed by atoms with Gasteiger partial charge in [-0.3, -0.25) is 0 Å². The van der Waals surface area contributed by atoms with E-state index in [1.54, 1.807) is 14.0 Å². The summed E-state index contributed by atoms with van der Waals surface area (Å²) in [6, 6.07) is 5.71. The van der Waals surface area contributed by atoms with E-state index in [-0.39, 0.29) is 12.1 Å². The SMILES string of the molecule is COc1cccc(N(C)CC(C)O)c1[C@@H](C)N. The van der Waals surface area contributed by atoms with Crippen molar-refractivity contribution in [1.82, 2.24) is 0 Å². The summed E-state index contributed by atoms with van der Waals surface area (Å²) >= 11 is 0. The molecular weight excluding hydrogens is 216 g/mol. The maximum absolute atomic E-state index is 9.44. The number of benzene rings is 1. The van der Waals surface area contributed by atoms with Crippen molar-refractivity contribution in [3.63, 3.8) is 0 Å². The topological polar surface area (TPSA) is 58.7 Å². The predicted molar refractivity (Wildman–Crippen MR) is 70.5 cm³/mol. The van der Waals surface area contributed by atoms with E-state index >= 15 is 0 Å². The molecule has 96 valence electrons. The fourth-order valence-corrected chi connectivity index (χ4v) is 2.00. The lowest BCUT2D eigenvalue weighted by Crippen LogP contribution is -2.28. The van der Waals surface area contributed by atoms with Gasteiger partial charge in [0.05, 0.1) is 13.2 Å². The fraction of sp³-hybridized carbons (Fsp3) is 0.538.